The number of thiophene rings is 1. The number of nitrogens with one attached hydrogen (secondary N) is 1. The van der Waals surface area contributed by atoms with Crippen LogP contribution in [0.4, 0.5) is 11.4 Å². The third kappa shape index (κ3) is 3.01. The highest BCUT2D eigenvalue weighted by molar-refractivity contribution is 7.07. The molecule has 0 aliphatic carbocycles. The molecule has 0 radical (unpaired) electrons. The molecule has 1 unspecified atom stereocenters. The molecule has 1 heterocycles. The lowest BCUT2D eigenvalue weighted by molar-refractivity contribution is 0.890. The largest absolute Gasteiger partial charge is 0.378 e. The Morgan fingerprint density at radius 1 is 1.24 bits per heavy atom. The molecule has 1 aromatic carbocycles. The lowest BCUT2D eigenvalue weighted by Crippen LogP contribution is -2.10. The smallest absolute Gasteiger partial charge is 0.0493 e. The number of anilines is 2. The average molecular weight is 246 g/mol. The van der Waals surface area contributed by atoms with Gasteiger partial charge in [0.25, 0.3) is 0 Å². The van der Waals surface area contributed by atoms with Crippen LogP contribution in [0.3, 0.4) is 0 Å². The van der Waals surface area contributed by atoms with Crippen LogP contribution in [-0.4, -0.2) is 14.1 Å². The Morgan fingerprint density at radius 2 is 2.06 bits per heavy atom. The van der Waals surface area contributed by atoms with Gasteiger partial charge in [-0.3, -0.25) is 0 Å². The summed E-state index contributed by atoms with van der Waals surface area (Å²) >= 11 is 1.74. The number of nitrogens with zero attached hydrogens (tertiary/aromatic N) is 1. The molecule has 0 saturated heterocycles. The zero-order valence-corrected chi connectivity index (χ0v) is 11.3. The fourth-order valence-corrected chi connectivity index (χ4v) is 2.48. The van der Waals surface area contributed by atoms with Crippen molar-refractivity contribution in [3.63, 3.8) is 0 Å². The van der Waals surface area contributed by atoms with Gasteiger partial charge in [0.2, 0.25) is 0 Å². The number of benzene rings is 1. The van der Waals surface area contributed by atoms with Gasteiger partial charge in [-0.2, -0.15) is 11.3 Å². The Balaban J connectivity index is 2.11. The van der Waals surface area contributed by atoms with Crippen LogP contribution < -0.4 is 10.2 Å². The van der Waals surface area contributed by atoms with E-state index in [0.717, 1.165) is 5.69 Å². The number of rotatable bonds is 4. The first-order chi connectivity index (χ1) is 8.16. The molecule has 2 nitrogen and oxygen atoms in total. The van der Waals surface area contributed by atoms with Gasteiger partial charge in [-0.1, -0.05) is 6.07 Å². The van der Waals surface area contributed by atoms with Gasteiger partial charge in [0, 0.05) is 31.5 Å². The Kier molecular flexibility index (Phi) is 3.69. The van der Waals surface area contributed by atoms with Crippen LogP contribution >= 0.6 is 11.3 Å². The molecule has 0 saturated carbocycles. The van der Waals surface area contributed by atoms with Crippen molar-refractivity contribution in [2.45, 2.75) is 13.0 Å². The van der Waals surface area contributed by atoms with Gasteiger partial charge in [-0.15, -0.1) is 0 Å². The predicted molar refractivity (Wildman–Crippen MR) is 77.1 cm³/mol. The van der Waals surface area contributed by atoms with Crippen LogP contribution in [0, 0.1) is 0 Å². The summed E-state index contributed by atoms with van der Waals surface area (Å²) < 4.78 is 0. The molecule has 0 aliphatic rings. The zero-order valence-electron chi connectivity index (χ0n) is 10.5. The normalized spacial score (nSPS) is 12.2. The van der Waals surface area contributed by atoms with Gasteiger partial charge < -0.3 is 10.2 Å². The maximum Gasteiger partial charge on any atom is 0.0493 e. The monoisotopic (exact) mass is 246 g/mol. The molecule has 0 aliphatic heterocycles. The van der Waals surface area contributed by atoms with Crippen molar-refractivity contribution in [1.82, 2.24) is 0 Å². The molecule has 0 fully saturated rings. The highest BCUT2D eigenvalue weighted by atomic mass is 32.1. The lowest BCUT2D eigenvalue weighted by atomic mass is 10.1. The first-order valence-electron chi connectivity index (χ1n) is 5.73. The molecule has 1 aromatic heterocycles. The Labute approximate surface area is 107 Å². The highest BCUT2D eigenvalue weighted by Gasteiger charge is 2.05. The Hall–Kier alpha value is -1.48. The van der Waals surface area contributed by atoms with Gasteiger partial charge in [-0.05, 0) is 47.5 Å². The number of hydrogen-bond donors (Lipinski definition) is 1. The van der Waals surface area contributed by atoms with Gasteiger partial charge >= 0.3 is 0 Å². The summed E-state index contributed by atoms with van der Waals surface area (Å²) in [7, 11) is 4.11. The number of hydrogen-bond acceptors (Lipinski definition) is 3. The van der Waals surface area contributed by atoms with Crippen molar-refractivity contribution in [3.05, 3.63) is 46.7 Å². The Morgan fingerprint density at radius 3 is 2.71 bits per heavy atom. The van der Waals surface area contributed by atoms with E-state index in [2.05, 4.69) is 72.3 Å². The van der Waals surface area contributed by atoms with Gasteiger partial charge in [-0.25, -0.2) is 0 Å². The second kappa shape index (κ2) is 5.23. The quantitative estimate of drug-likeness (QED) is 0.877. The van der Waals surface area contributed by atoms with E-state index in [9.17, 15) is 0 Å². The standard InChI is InChI=1S/C14H18N2S/c1-11(12-7-8-17-10-12)15-13-5-4-6-14(9-13)16(2)3/h4-11,15H,1-3H3. The second-order valence-corrected chi connectivity index (χ2v) is 5.15. The maximum absolute atomic E-state index is 3.52. The molecule has 1 atom stereocenters. The minimum Gasteiger partial charge on any atom is -0.378 e. The summed E-state index contributed by atoms with van der Waals surface area (Å²) in [6.45, 7) is 2.18. The van der Waals surface area contributed by atoms with Crippen LogP contribution in [0.15, 0.2) is 41.1 Å². The molecule has 0 amide bonds. The van der Waals surface area contributed by atoms with E-state index in [4.69, 9.17) is 0 Å². The third-order valence-corrected chi connectivity index (χ3v) is 3.49. The van der Waals surface area contributed by atoms with Crippen molar-refractivity contribution in [2.24, 2.45) is 0 Å². The van der Waals surface area contributed by atoms with E-state index in [0.29, 0.717) is 6.04 Å². The SMILES string of the molecule is CC(Nc1cccc(N(C)C)c1)c1ccsc1. The fraction of sp³-hybridized carbons (Fsp3) is 0.286. The van der Waals surface area contributed by atoms with E-state index in [1.54, 1.807) is 11.3 Å². The fourth-order valence-electron chi connectivity index (χ4n) is 1.73. The highest BCUT2D eigenvalue weighted by Crippen LogP contribution is 2.23. The third-order valence-electron chi connectivity index (χ3n) is 2.79. The summed E-state index contributed by atoms with van der Waals surface area (Å²) in [4.78, 5) is 2.11. The van der Waals surface area contributed by atoms with Crippen molar-refractivity contribution in [2.75, 3.05) is 24.3 Å². The average Bonchev–Trinajstić information content (AvgIpc) is 2.82. The predicted octanol–water partition coefficient (Wildman–Crippen LogP) is 3.99. The van der Waals surface area contributed by atoms with Crippen molar-refractivity contribution in [1.29, 1.82) is 0 Å². The van der Waals surface area contributed by atoms with Crippen LogP contribution in [0.1, 0.15) is 18.5 Å². The summed E-state index contributed by atoms with van der Waals surface area (Å²) in [5.74, 6) is 0. The Bertz CT molecular complexity index is 463. The van der Waals surface area contributed by atoms with Crippen molar-refractivity contribution in [3.8, 4) is 0 Å². The van der Waals surface area contributed by atoms with Crippen molar-refractivity contribution < 1.29 is 0 Å². The van der Waals surface area contributed by atoms with Crippen LogP contribution in [-0.2, 0) is 0 Å². The van der Waals surface area contributed by atoms with Gasteiger partial charge in [0.1, 0.15) is 0 Å². The van der Waals surface area contributed by atoms with Crippen LogP contribution in [0.2, 0.25) is 0 Å². The molecule has 17 heavy (non-hydrogen) atoms. The first-order valence-corrected chi connectivity index (χ1v) is 6.67. The molecular weight excluding hydrogens is 228 g/mol. The molecule has 0 bridgehead atoms. The van der Waals surface area contributed by atoms with E-state index < -0.39 is 0 Å². The summed E-state index contributed by atoms with van der Waals surface area (Å²) in [5.41, 5.74) is 3.72. The maximum atomic E-state index is 3.52. The topological polar surface area (TPSA) is 15.3 Å². The minimum absolute atomic E-state index is 0.346. The molecule has 0 spiro atoms. The van der Waals surface area contributed by atoms with E-state index in [-0.39, 0.29) is 0 Å². The first kappa shape index (κ1) is 12.0. The van der Waals surface area contributed by atoms with E-state index >= 15 is 0 Å². The van der Waals surface area contributed by atoms with Gasteiger partial charge in [0.05, 0.1) is 0 Å². The molecule has 2 rings (SSSR count). The van der Waals surface area contributed by atoms with Crippen molar-refractivity contribution >= 4 is 22.7 Å². The minimum atomic E-state index is 0.346. The molecular formula is C14H18N2S. The van der Waals surface area contributed by atoms with Crippen LogP contribution in [0.25, 0.3) is 0 Å². The molecule has 2 aromatic rings. The molecule has 90 valence electrons. The summed E-state index contributed by atoms with van der Waals surface area (Å²) in [6.07, 6.45) is 0. The molecule has 3 heteroatoms. The van der Waals surface area contributed by atoms with Crippen LogP contribution in [0.5, 0.6) is 0 Å². The van der Waals surface area contributed by atoms with E-state index in [1.165, 1.54) is 11.3 Å². The summed E-state index contributed by atoms with van der Waals surface area (Å²) in [6, 6.07) is 11.0. The zero-order chi connectivity index (χ0) is 12.3. The lowest BCUT2D eigenvalue weighted by Gasteiger charge is -2.17. The second-order valence-electron chi connectivity index (χ2n) is 4.37. The molecule has 1 N–H and O–H groups in total. The van der Waals surface area contributed by atoms with Gasteiger partial charge in [0.15, 0.2) is 0 Å². The summed E-state index contributed by atoms with van der Waals surface area (Å²) in [5, 5.41) is 7.82. The van der Waals surface area contributed by atoms with E-state index in [1.807, 2.05) is 0 Å².